The maximum atomic E-state index is 13.5. The Bertz CT molecular complexity index is 1220. The fraction of sp³-hybridized carbons (Fsp3) is 0.360. The third kappa shape index (κ3) is 4.06. The second kappa shape index (κ2) is 8.71. The Morgan fingerprint density at radius 3 is 2.70 bits per heavy atom. The van der Waals surface area contributed by atoms with Crippen LogP contribution in [0.5, 0.6) is 0 Å². The van der Waals surface area contributed by atoms with Gasteiger partial charge in [0.05, 0.1) is 21.8 Å². The van der Waals surface area contributed by atoms with Gasteiger partial charge < -0.3 is 10.2 Å². The van der Waals surface area contributed by atoms with Crippen molar-refractivity contribution in [1.29, 1.82) is 0 Å². The van der Waals surface area contributed by atoms with Crippen molar-refractivity contribution < 1.29 is 14.0 Å². The van der Waals surface area contributed by atoms with Crippen molar-refractivity contribution >= 4 is 40.1 Å². The van der Waals surface area contributed by atoms with Gasteiger partial charge in [-0.3, -0.25) is 19.6 Å². The number of nitrogens with one attached hydrogen (secondary N) is 1. The molecule has 1 aromatic heterocycles. The molecule has 2 amide bonds. The number of anilines is 1. The molecule has 6 nitrogen and oxygen atoms in total. The van der Waals surface area contributed by atoms with Crippen molar-refractivity contribution in [1.82, 2.24) is 15.3 Å². The Kier molecular flexibility index (Phi) is 5.74. The van der Waals surface area contributed by atoms with Gasteiger partial charge in [0.25, 0.3) is 5.91 Å². The van der Waals surface area contributed by atoms with Crippen LogP contribution < -0.4 is 10.2 Å². The van der Waals surface area contributed by atoms with Crippen LogP contribution in [0.1, 0.15) is 48.9 Å². The number of rotatable bonds is 3. The second-order valence-corrected chi connectivity index (χ2v) is 9.32. The predicted molar refractivity (Wildman–Crippen MR) is 125 cm³/mol. The van der Waals surface area contributed by atoms with Crippen molar-refractivity contribution in [2.24, 2.45) is 5.41 Å². The molecule has 1 aliphatic heterocycles. The van der Waals surface area contributed by atoms with Crippen LogP contribution in [0.25, 0.3) is 11.0 Å². The molecule has 33 heavy (non-hydrogen) atoms. The van der Waals surface area contributed by atoms with Crippen LogP contribution in [0.4, 0.5) is 10.1 Å². The Morgan fingerprint density at radius 1 is 1.12 bits per heavy atom. The lowest BCUT2D eigenvalue weighted by molar-refractivity contribution is -0.132. The van der Waals surface area contributed by atoms with Crippen LogP contribution in [-0.2, 0) is 4.79 Å². The molecule has 0 radical (unpaired) electrons. The van der Waals surface area contributed by atoms with E-state index in [0.29, 0.717) is 41.7 Å². The first-order valence-electron chi connectivity index (χ1n) is 11.2. The van der Waals surface area contributed by atoms with E-state index in [1.165, 1.54) is 12.1 Å². The number of amides is 2. The molecule has 0 bridgehead atoms. The Labute approximate surface area is 196 Å². The zero-order chi connectivity index (χ0) is 23.0. The highest BCUT2D eigenvalue weighted by molar-refractivity contribution is 6.33. The van der Waals surface area contributed by atoms with Crippen LogP contribution in [0.15, 0.2) is 48.8 Å². The molecule has 170 valence electrons. The number of aromatic nitrogens is 2. The summed E-state index contributed by atoms with van der Waals surface area (Å²) in [5, 5.41) is 3.38. The van der Waals surface area contributed by atoms with E-state index in [9.17, 15) is 14.0 Å². The van der Waals surface area contributed by atoms with Gasteiger partial charge in [0.15, 0.2) is 0 Å². The van der Waals surface area contributed by atoms with Gasteiger partial charge in [-0.25, -0.2) is 4.39 Å². The van der Waals surface area contributed by atoms with Crippen LogP contribution in [-0.4, -0.2) is 34.4 Å². The largest absolute Gasteiger partial charge is 0.349 e. The van der Waals surface area contributed by atoms with E-state index in [0.717, 1.165) is 25.7 Å². The van der Waals surface area contributed by atoms with E-state index in [1.54, 1.807) is 35.5 Å². The van der Waals surface area contributed by atoms with E-state index in [1.807, 2.05) is 6.07 Å². The van der Waals surface area contributed by atoms with Gasteiger partial charge >= 0.3 is 0 Å². The first-order valence-corrected chi connectivity index (χ1v) is 11.6. The van der Waals surface area contributed by atoms with Crippen LogP contribution >= 0.6 is 11.6 Å². The van der Waals surface area contributed by atoms with E-state index in [4.69, 9.17) is 11.6 Å². The van der Waals surface area contributed by atoms with Crippen molar-refractivity contribution in [3.05, 3.63) is 65.2 Å². The molecule has 1 N–H and O–H groups in total. The number of para-hydroxylation sites is 1. The van der Waals surface area contributed by atoms with Gasteiger partial charge in [0, 0.05) is 30.4 Å². The Hall–Kier alpha value is -3.06. The zero-order valence-electron chi connectivity index (χ0n) is 18.1. The van der Waals surface area contributed by atoms with E-state index in [-0.39, 0.29) is 22.9 Å². The molecule has 2 heterocycles. The maximum Gasteiger partial charge on any atom is 0.253 e. The lowest BCUT2D eigenvalue weighted by Crippen LogP contribution is -2.52. The SMILES string of the molecule is O=C(NC1CCC2(CCCN(c3ccc(F)cc3Cl)C2=O)CC1)c1cccc2nccnc12. The summed E-state index contributed by atoms with van der Waals surface area (Å²) in [5.74, 6) is -0.538. The number of hydrogen-bond acceptors (Lipinski definition) is 4. The molecule has 2 aliphatic rings. The van der Waals surface area contributed by atoms with Crippen LogP contribution in [0.2, 0.25) is 5.02 Å². The highest BCUT2D eigenvalue weighted by Crippen LogP contribution is 2.46. The first kappa shape index (κ1) is 21.8. The van der Waals surface area contributed by atoms with Crippen LogP contribution in [0, 0.1) is 11.2 Å². The lowest BCUT2D eigenvalue weighted by Gasteiger charge is -2.45. The fourth-order valence-corrected chi connectivity index (χ4v) is 5.49. The number of benzene rings is 2. The normalized spacial score (nSPS) is 23.2. The van der Waals surface area contributed by atoms with Crippen LogP contribution in [0.3, 0.4) is 0 Å². The average Bonchev–Trinajstić information content (AvgIpc) is 2.82. The molecule has 2 aromatic carbocycles. The fourth-order valence-electron chi connectivity index (χ4n) is 5.22. The third-order valence-electron chi connectivity index (χ3n) is 6.96. The zero-order valence-corrected chi connectivity index (χ0v) is 18.8. The predicted octanol–water partition coefficient (Wildman–Crippen LogP) is 4.91. The minimum absolute atomic E-state index is 0.00682. The molecule has 3 aromatic rings. The van der Waals surface area contributed by atoms with Gasteiger partial charge in [-0.1, -0.05) is 17.7 Å². The van der Waals surface area contributed by atoms with E-state index < -0.39 is 11.2 Å². The number of fused-ring (bicyclic) bond motifs is 1. The summed E-state index contributed by atoms with van der Waals surface area (Å²) in [7, 11) is 0. The number of carbonyl (C=O) groups excluding carboxylic acids is 2. The summed E-state index contributed by atoms with van der Waals surface area (Å²) in [5.41, 5.74) is 1.88. The van der Waals surface area contributed by atoms with Gasteiger partial charge in [-0.2, -0.15) is 0 Å². The lowest BCUT2D eigenvalue weighted by atomic mass is 9.67. The molecule has 0 unspecified atom stereocenters. The summed E-state index contributed by atoms with van der Waals surface area (Å²) >= 11 is 6.24. The molecule has 8 heteroatoms. The van der Waals surface area contributed by atoms with Crippen molar-refractivity contribution in [2.45, 2.75) is 44.6 Å². The standard InChI is InChI=1S/C25H24ClFN4O2/c26-19-15-16(27)5-6-21(19)31-14-2-9-25(24(31)33)10-7-17(8-11-25)30-23(32)18-3-1-4-20-22(18)29-13-12-28-20/h1,3-6,12-13,15,17H,2,7-11,14H2,(H,30,32). The number of hydrogen-bond donors (Lipinski definition) is 1. The third-order valence-corrected chi connectivity index (χ3v) is 7.26. The molecular formula is C25H24ClFN4O2. The van der Waals surface area contributed by atoms with Gasteiger partial charge in [0.2, 0.25) is 5.91 Å². The molecule has 1 aliphatic carbocycles. The van der Waals surface area contributed by atoms with Gasteiger partial charge in [-0.05, 0) is 68.9 Å². The summed E-state index contributed by atoms with van der Waals surface area (Å²) in [6, 6.07) is 9.54. The molecule has 2 fully saturated rings. The number of carbonyl (C=O) groups is 2. The Balaban J connectivity index is 1.28. The Morgan fingerprint density at radius 2 is 1.91 bits per heavy atom. The van der Waals surface area contributed by atoms with Gasteiger partial charge in [-0.15, -0.1) is 0 Å². The smallest absolute Gasteiger partial charge is 0.253 e. The van der Waals surface area contributed by atoms with E-state index >= 15 is 0 Å². The molecular weight excluding hydrogens is 443 g/mol. The number of piperidine rings is 1. The monoisotopic (exact) mass is 466 g/mol. The second-order valence-electron chi connectivity index (χ2n) is 8.91. The minimum Gasteiger partial charge on any atom is -0.349 e. The van der Waals surface area contributed by atoms with Gasteiger partial charge in [0.1, 0.15) is 11.3 Å². The number of nitrogens with zero attached hydrogens (tertiary/aromatic N) is 3. The van der Waals surface area contributed by atoms with Crippen molar-refractivity contribution in [3.8, 4) is 0 Å². The molecule has 5 rings (SSSR count). The summed E-state index contributed by atoms with van der Waals surface area (Å²) < 4.78 is 13.5. The molecule has 1 saturated carbocycles. The quantitative estimate of drug-likeness (QED) is 0.595. The van der Waals surface area contributed by atoms with E-state index in [2.05, 4.69) is 15.3 Å². The first-order chi connectivity index (χ1) is 16.0. The highest BCUT2D eigenvalue weighted by Gasteiger charge is 2.46. The van der Waals surface area contributed by atoms with Crippen molar-refractivity contribution in [3.63, 3.8) is 0 Å². The molecule has 1 spiro atoms. The molecule has 0 atom stereocenters. The summed E-state index contributed by atoms with van der Waals surface area (Å²) in [6.45, 7) is 0.578. The summed E-state index contributed by atoms with van der Waals surface area (Å²) in [4.78, 5) is 36.8. The number of halogens is 2. The topological polar surface area (TPSA) is 75.2 Å². The molecule has 1 saturated heterocycles. The van der Waals surface area contributed by atoms with Crippen molar-refractivity contribution in [2.75, 3.05) is 11.4 Å². The maximum absolute atomic E-state index is 13.5. The average molecular weight is 467 g/mol. The summed E-state index contributed by atoms with van der Waals surface area (Å²) in [6.07, 6.45) is 7.71. The highest BCUT2D eigenvalue weighted by atomic mass is 35.5. The minimum atomic E-state index is -0.456.